The number of aliphatic carboxylic acids is 1. The first kappa shape index (κ1) is 34.7. The molecule has 1 rings (SSSR count). The molecular formula is C29H45NO10. The van der Waals surface area contributed by atoms with Crippen molar-refractivity contribution in [3.05, 3.63) is 23.8 Å². The molecule has 0 spiro atoms. The summed E-state index contributed by atoms with van der Waals surface area (Å²) in [6.07, 6.45) is 3.27. The Kier molecular flexibility index (Phi) is 17.1. The van der Waals surface area contributed by atoms with Crippen LogP contribution in [0.25, 0.3) is 0 Å². The van der Waals surface area contributed by atoms with E-state index in [0.717, 1.165) is 25.7 Å². The summed E-state index contributed by atoms with van der Waals surface area (Å²) in [5, 5.41) is 12.6. The topological polar surface area (TPSA) is 147 Å². The largest absolute Gasteiger partial charge is 0.513 e. The minimum atomic E-state index is -1.12. The van der Waals surface area contributed by atoms with Gasteiger partial charge in [-0.3, -0.25) is 9.59 Å². The van der Waals surface area contributed by atoms with E-state index in [1.807, 2.05) is 20.8 Å². The SMILES string of the molecule is CCCCCOC(=O)Oc1ccc(C[C@H](NCC(C)OC(=O)C(C)CC)C(=O)O)cc1OC(=O)OCCCCC. The summed E-state index contributed by atoms with van der Waals surface area (Å²) >= 11 is 0. The molecule has 0 fully saturated rings. The van der Waals surface area contributed by atoms with Crippen LogP contribution in [-0.4, -0.2) is 61.3 Å². The van der Waals surface area contributed by atoms with Crippen molar-refractivity contribution in [1.82, 2.24) is 5.32 Å². The Hall–Kier alpha value is -3.34. The van der Waals surface area contributed by atoms with Gasteiger partial charge in [-0.15, -0.1) is 0 Å². The normalized spacial score (nSPS) is 13.0. The maximum Gasteiger partial charge on any atom is 0.513 e. The Bertz CT molecular complexity index is 935. The molecule has 0 saturated carbocycles. The molecular weight excluding hydrogens is 522 g/mol. The zero-order valence-electron chi connectivity index (χ0n) is 24.4. The van der Waals surface area contributed by atoms with Crippen molar-refractivity contribution in [3.8, 4) is 11.5 Å². The number of carboxylic acids is 1. The number of carbonyl (C=O) groups is 4. The van der Waals surface area contributed by atoms with Crippen molar-refractivity contribution >= 4 is 24.2 Å². The fourth-order valence-electron chi connectivity index (χ4n) is 3.41. The average molecular weight is 568 g/mol. The minimum absolute atomic E-state index is 0.00497. The summed E-state index contributed by atoms with van der Waals surface area (Å²) in [6.45, 7) is 9.86. The molecule has 1 aromatic rings. The number of nitrogens with one attached hydrogen (secondary N) is 1. The first-order valence-corrected chi connectivity index (χ1v) is 14.1. The number of hydrogen-bond acceptors (Lipinski definition) is 10. The van der Waals surface area contributed by atoms with E-state index in [0.29, 0.717) is 24.8 Å². The van der Waals surface area contributed by atoms with Gasteiger partial charge in [0, 0.05) is 6.54 Å². The van der Waals surface area contributed by atoms with Gasteiger partial charge < -0.3 is 34.1 Å². The quantitative estimate of drug-likeness (QED) is 0.0923. The van der Waals surface area contributed by atoms with E-state index in [9.17, 15) is 24.3 Å². The lowest BCUT2D eigenvalue weighted by Gasteiger charge is -2.20. The van der Waals surface area contributed by atoms with Crippen LogP contribution in [0.3, 0.4) is 0 Å². The van der Waals surface area contributed by atoms with Crippen LogP contribution in [0.4, 0.5) is 9.59 Å². The van der Waals surface area contributed by atoms with Gasteiger partial charge in [0.25, 0.3) is 0 Å². The fraction of sp³-hybridized carbons (Fsp3) is 0.655. The summed E-state index contributed by atoms with van der Waals surface area (Å²) in [7, 11) is 0. The fourth-order valence-corrected chi connectivity index (χ4v) is 3.41. The molecule has 0 radical (unpaired) electrons. The van der Waals surface area contributed by atoms with E-state index in [4.69, 9.17) is 23.7 Å². The van der Waals surface area contributed by atoms with Crippen molar-refractivity contribution in [2.75, 3.05) is 19.8 Å². The molecule has 2 unspecified atom stereocenters. The average Bonchev–Trinajstić information content (AvgIpc) is 2.92. The van der Waals surface area contributed by atoms with E-state index < -0.39 is 30.4 Å². The second-order valence-electron chi connectivity index (χ2n) is 9.66. The highest BCUT2D eigenvalue weighted by molar-refractivity contribution is 5.74. The van der Waals surface area contributed by atoms with E-state index in [-0.39, 0.29) is 49.6 Å². The van der Waals surface area contributed by atoms with Crippen LogP contribution in [0.1, 0.15) is 85.1 Å². The smallest absolute Gasteiger partial charge is 0.480 e. The molecule has 0 heterocycles. The number of ether oxygens (including phenoxy) is 5. The maximum absolute atomic E-state index is 12.3. The Morgan fingerprint density at radius 3 is 1.95 bits per heavy atom. The molecule has 11 nitrogen and oxygen atoms in total. The molecule has 0 aromatic heterocycles. The second-order valence-corrected chi connectivity index (χ2v) is 9.66. The molecule has 3 atom stereocenters. The van der Waals surface area contributed by atoms with Gasteiger partial charge in [0.1, 0.15) is 12.1 Å². The summed E-state index contributed by atoms with van der Waals surface area (Å²) in [4.78, 5) is 48.4. The highest BCUT2D eigenvalue weighted by Gasteiger charge is 2.23. The summed E-state index contributed by atoms with van der Waals surface area (Å²) < 4.78 is 26.1. The van der Waals surface area contributed by atoms with Gasteiger partial charge in [-0.1, -0.05) is 59.4 Å². The van der Waals surface area contributed by atoms with Crippen LogP contribution in [0.5, 0.6) is 11.5 Å². The van der Waals surface area contributed by atoms with E-state index in [1.54, 1.807) is 19.9 Å². The summed E-state index contributed by atoms with van der Waals surface area (Å²) in [5.74, 6) is -1.88. The molecule has 11 heteroatoms. The Morgan fingerprint density at radius 1 is 0.850 bits per heavy atom. The van der Waals surface area contributed by atoms with Crippen LogP contribution in [0, 0.1) is 5.92 Å². The first-order valence-electron chi connectivity index (χ1n) is 14.1. The van der Waals surface area contributed by atoms with Crippen molar-refractivity contribution in [3.63, 3.8) is 0 Å². The Labute approximate surface area is 236 Å². The van der Waals surface area contributed by atoms with Gasteiger partial charge in [0.15, 0.2) is 11.5 Å². The third-order valence-corrected chi connectivity index (χ3v) is 6.05. The van der Waals surface area contributed by atoms with Crippen LogP contribution in [0.15, 0.2) is 18.2 Å². The van der Waals surface area contributed by atoms with Gasteiger partial charge >= 0.3 is 24.2 Å². The number of rotatable bonds is 19. The number of unbranched alkanes of at least 4 members (excludes halogenated alkanes) is 4. The number of esters is 1. The predicted molar refractivity (Wildman–Crippen MR) is 148 cm³/mol. The zero-order chi connectivity index (χ0) is 29.9. The van der Waals surface area contributed by atoms with Gasteiger partial charge in [-0.05, 0) is 50.3 Å². The molecule has 40 heavy (non-hydrogen) atoms. The standard InChI is InChI=1S/C29H45NO10/c1-6-9-11-15-36-28(34)39-24-14-13-22(18-25(24)40-29(35)37-16-12-10-7-2)17-23(26(31)32)30-19-21(5)38-27(33)20(4)8-3/h13-14,18,20-21,23,30H,6-12,15-17,19H2,1-5H3,(H,31,32)/t20?,21?,23-/m0/s1. The monoisotopic (exact) mass is 567 g/mol. The van der Waals surface area contributed by atoms with E-state index in [1.165, 1.54) is 12.1 Å². The highest BCUT2D eigenvalue weighted by Crippen LogP contribution is 2.30. The Balaban J connectivity index is 2.95. The third-order valence-electron chi connectivity index (χ3n) is 6.05. The van der Waals surface area contributed by atoms with Gasteiger partial charge in [-0.2, -0.15) is 0 Å². The minimum Gasteiger partial charge on any atom is -0.480 e. The molecule has 0 aliphatic heterocycles. The maximum atomic E-state index is 12.3. The Morgan fingerprint density at radius 2 is 1.43 bits per heavy atom. The molecule has 1 aromatic carbocycles. The van der Waals surface area contributed by atoms with Gasteiger partial charge in [0.2, 0.25) is 0 Å². The van der Waals surface area contributed by atoms with Gasteiger partial charge in [0.05, 0.1) is 19.1 Å². The third kappa shape index (κ3) is 14.2. The van der Waals surface area contributed by atoms with E-state index in [2.05, 4.69) is 5.32 Å². The number of hydrogen-bond donors (Lipinski definition) is 2. The van der Waals surface area contributed by atoms with Crippen molar-refractivity contribution in [2.45, 2.75) is 98.1 Å². The molecule has 0 saturated heterocycles. The van der Waals surface area contributed by atoms with Crippen LogP contribution in [-0.2, 0) is 30.2 Å². The van der Waals surface area contributed by atoms with Crippen LogP contribution in [0.2, 0.25) is 0 Å². The zero-order valence-corrected chi connectivity index (χ0v) is 24.4. The molecule has 226 valence electrons. The van der Waals surface area contributed by atoms with E-state index >= 15 is 0 Å². The first-order chi connectivity index (χ1) is 19.1. The highest BCUT2D eigenvalue weighted by atomic mass is 16.7. The summed E-state index contributed by atoms with van der Waals surface area (Å²) in [5.41, 5.74) is 0.488. The predicted octanol–water partition coefficient (Wildman–Crippen LogP) is 5.66. The molecule has 0 aliphatic rings. The van der Waals surface area contributed by atoms with Crippen molar-refractivity contribution in [1.29, 1.82) is 0 Å². The van der Waals surface area contributed by atoms with Crippen molar-refractivity contribution < 1.29 is 48.0 Å². The number of benzene rings is 1. The molecule has 0 bridgehead atoms. The van der Waals surface area contributed by atoms with Crippen LogP contribution >= 0.6 is 0 Å². The second kappa shape index (κ2) is 19.7. The van der Waals surface area contributed by atoms with Gasteiger partial charge in [-0.25, -0.2) is 9.59 Å². The lowest BCUT2D eigenvalue weighted by Crippen LogP contribution is -2.43. The van der Waals surface area contributed by atoms with Crippen molar-refractivity contribution in [2.24, 2.45) is 5.92 Å². The lowest BCUT2D eigenvalue weighted by molar-refractivity contribution is -0.152. The molecule has 2 N–H and O–H groups in total. The summed E-state index contributed by atoms with van der Waals surface area (Å²) in [6, 6.07) is 3.34. The molecule has 0 amide bonds. The molecule has 0 aliphatic carbocycles. The van der Waals surface area contributed by atoms with Crippen LogP contribution < -0.4 is 14.8 Å². The number of carbonyl (C=O) groups excluding carboxylic acids is 3. The lowest BCUT2D eigenvalue weighted by atomic mass is 10.0. The number of carboxylic acid groups (broad SMARTS) is 1.